The van der Waals surface area contributed by atoms with Crippen molar-refractivity contribution in [2.24, 2.45) is 0 Å². The van der Waals surface area contributed by atoms with Crippen LogP contribution in [0.15, 0.2) is 60.0 Å². The van der Waals surface area contributed by atoms with Crippen LogP contribution in [0.25, 0.3) is 10.8 Å². The summed E-state index contributed by atoms with van der Waals surface area (Å²) in [5.74, 6) is 0.0374. The van der Waals surface area contributed by atoms with E-state index in [1.807, 2.05) is 17.5 Å². The van der Waals surface area contributed by atoms with Crippen LogP contribution in [-0.2, 0) is 5.54 Å². The number of hydrogen-bond donors (Lipinski definition) is 1. The van der Waals surface area contributed by atoms with E-state index in [2.05, 4.69) is 47.8 Å². The van der Waals surface area contributed by atoms with E-state index in [4.69, 9.17) is 0 Å². The summed E-state index contributed by atoms with van der Waals surface area (Å²) in [7, 11) is 0. The van der Waals surface area contributed by atoms with Gasteiger partial charge < -0.3 is 5.32 Å². The van der Waals surface area contributed by atoms with E-state index in [-0.39, 0.29) is 11.4 Å². The van der Waals surface area contributed by atoms with Crippen molar-refractivity contribution in [1.29, 1.82) is 0 Å². The third kappa shape index (κ3) is 2.14. The lowest BCUT2D eigenvalue weighted by Crippen LogP contribution is -2.34. The third-order valence-corrected chi connectivity index (χ3v) is 5.02. The van der Waals surface area contributed by atoms with Crippen molar-refractivity contribution in [1.82, 2.24) is 5.32 Å². The van der Waals surface area contributed by atoms with Gasteiger partial charge in [0.25, 0.3) is 5.91 Å². The highest BCUT2D eigenvalue weighted by Gasteiger charge is 2.46. The summed E-state index contributed by atoms with van der Waals surface area (Å²) in [4.78, 5) is 13.1. The highest BCUT2D eigenvalue weighted by atomic mass is 32.1. The number of fused-ring (bicyclic) bond motifs is 1. The van der Waals surface area contributed by atoms with Crippen molar-refractivity contribution in [2.45, 2.75) is 18.4 Å². The second kappa shape index (κ2) is 4.71. The maximum absolute atomic E-state index is 12.4. The Bertz CT molecular complexity index is 798. The van der Waals surface area contributed by atoms with Crippen molar-refractivity contribution in [2.75, 3.05) is 0 Å². The SMILES string of the molecule is O=C(NC1(c2cccc3ccccc23)CC1)c1cccs1. The summed E-state index contributed by atoms with van der Waals surface area (Å²) >= 11 is 1.49. The molecule has 104 valence electrons. The number of thiophene rings is 1. The predicted molar refractivity (Wildman–Crippen MR) is 86.6 cm³/mol. The zero-order valence-corrected chi connectivity index (χ0v) is 12.3. The molecule has 1 aromatic heterocycles. The molecule has 2 nitrogen and oxygen atoms in total. The zero-order valence-electron chi connectivity index (χ0n) is 11.5. The average molecular weight is 293 g/mol. The van der Waals surface area contributed by atoms with E-state index in [1.165, 1.54) is 27.7 Å². The minimum absolute atomic E-state index is 0.0374. The monoisotopic (exact) mass is 293 g/mol. The van der Waals surface area contributed by atoms with Crippen LogP contribution in [0.2, 0.25) is 0 Å². The van der Waals surface area contributed by atoms with Crippen LogP contribution in [-0.4, -0.2) is 5.91 Å². The van der Waals surface area contributed by atoms with Gasteiger partial charge in [-0.1, -0.05) is 48.5 Å². The predicted octanol–water partition coefficient (Wildman–Crippen LogP) is 4.32. The van der Waals surface area contributed by atoms with Crippen molar-refractivity contribution >= 4 is 28.0 Å². The lowest BCUT2D eigenvalue weighted by atomic mass is 9.97. The Morgan fingerprint density at radius 1 is 1.00 bits per heavy atom. The number of rotatable bonds is 3. The van der Waals surface area contributed by atoms with Gasteiger partial charge >= 0.3 is 0 Å². The summed E-state index contributed by atoms with van der Waals surface area (Å²) in [6.45, 7) is 0. The molecule has 1 aliphatic carbocycles. The normalized spacial score (nSPS) is 15.8. The molecule has 1 saturated carbocycles. The van der Waals surface area contributed by atoms with Gasteiger partial charge in [-0.3, -0.25) is 4.79 Å². The van der Waals surface area contributed by atoms with Crippen molar-refractivity contribution in [3.8, 4) is 0 Å². The lowest BCUT2D eigenvalue weighted by Gasteiger charge is -2.19. The lowest BCUT2D eigenvalue weighted by molar-refractivity contribution is 0.0935. The molecule has 3 aromatic rings. The molecule has 4 rings (SSSR count). The second-order valence-electron chi connectivity index (χ2n) is 5.54. The van der Waals surface area contributed by atoms with Crippen LogP contribution in [0.3, 0.4) is 0 Å². The largest absolute Gasteiger partial charge is 0.342 e. The fraction of sp³-hybridized carbons (Fsp3) is 0.167. The van der Waals surface area contributed by atoms with Gasteiger partial charge in [-0.2, -0.15) is 0 Å². The smallest absolute Gasteiger partial charge is 0.262 e. The van der Waals surface area contributed by atoms with E-state index in [9.17, 15) is 4.79 Å². The molecule has 0 bridgehead atoms. The van der Waals surface area contributed by atoms with Crippen LogP contribution in [0.4, 0.5) is 0 Å². The number of nitrogens with one attached hydrogen (secondary N) is 1. The Hall–Kier alpha value is -2.13. The molecule has 1 fully saturated rings. The molecule has 1 amide bonds. The number of hydrogen-bond acceptors (Lipinski definition) is 2. The van der Waals surface area contributed by atoms with Crippen LogP contribution in [0.5, 0.6) is 0 Å². The molecule has 0 radical (unpaired) electrons. The maximum Gasteiger partial charge on any atom is 0.262 e. The molecular weight excluding hydrogens is 278 g/mol. The maximum atomic E-state index is 12.4. The van der Waals surface area contributed by atoms with Crippen LogP contribution in [0.1, 0.15) is 28.1 Å². The summed E-state index contributed by atoms with van der Waals surface area (Å²) in [6.07, 6.45) is 2.02. The first-order valence-corrected chi connectivity index (χ1v) is 8.01. The van der Waals surface area contributed by atoms with Crippen LogP contribution in [0, 0.1) is 0 Å². The molecule has 1 heterocycles. The summed E-state index contributed by atoms with van der Waals surface area (Å²) < 4.78 is 0. The Morgan fingerprint density at radius 3 is 2.57 bits per heavy atom. The highest BCUT2D eigenvalue weighted by Crippen LogP contribution is 2.48. The topological polar surface area (TPSA) is 29.1 Å². The summed E-state index contributed by atoms with van der Waals surface area (Å²) in [5, 5.41) is 7.65. The Kier molecular flexibility index (Phi) is 2.82. The fourth-order valence-corrected chi connectivity index (χ4v) is 3.54. The molecule has 0 unspecified atom stereocenters. The molecule has 0 atom stereocenters. The van der Waals surface area contributed by atoms with E-state index in [1.54, 1.807) is 0 Å². The molecule has 0 saturated heterocycles. The third-order valence-electron chi connectivity index (χ3n) is 4.15. The Balaban J connectivity index is 1.73. The first-order chi connectivity index (χ1) is 10.3. The summed E-state index contributed by atoms with van der Waals surface area (Å²) in [6, 6.07) is 18.5. The molecule has 0 aliphatic heterocycles. The van der Waals surface area contributed by atoms with Crippen molar-refractivity contribution < 1.29 is 4.79 Å². The number of carbonyl (C=O) groups excluding carboxylic acids is 1. The van der Waals surface area contributed by atoms with Gasteiger partial charge in [-0.25, -0.2) is 0 Å². The number of amides is 1. The van der Waals surface area contributed by atoms with Crippen molar-refractivity contribution in [3.63, 3.8) is 0 Å². The van der Waals surface area contributed by atoms with Gasteiger partial charge in [-0.05, 0) is 40.6 Å². The number of carbonyl (C=O) groups is 1. The van der Waals surface area contributed by atoms with Crippen LogP contribution >= 0.6 is 11.3 Å². The van der Waals surface area contributed by atoms with E-state index < -0.39 is 0 Å². The standard InChI is InChI=1S/C18H15NOS/c20-17(16-9-4-12-21-16)19-18(10-11-18)15-8-3-6-13-5-1-2-7-14(13)15/h1-9,12H,10-11H2,(H,19,20). The van der Waals surface area contributed by atoms with E-state index >= 15 is 0 Å². The fourth-order valence-electron chi connectivity index (χ4n) is 2.92. The minimum Gasteiger partial charge on any atom is -0.342 e. The second-order valence-corrected chi connectivity index (χ2v) is 6.49. The molecule has 1 N–H and O–H groups in total. The summed E-state index contributed by atoms with van der Waals surface area (Å²) in [5.41, 5.74) is 1.06. The Labute approximate surface area is 127 Å². The molecule has 21 heavy (non-hydrogen) atoms. The quantitative estimate of drug-likeness (QED) is 0.765. The number of benzene rings is 2. The Morgan fingerprint density at radius 2 is 1.81 bits per heavy atom. The molecule has 2 aromatic carbocycles. The van der Waals surface area contributed by atoms with E-state index in [0.717, 1.165) is 17.7 Å². The minimum atomic E-state index is -0.179. The van der Waals surface area contributed by atoms with Crippen LogP contribution < -0.4 is 5.32 Å². The molecular formula is C18H15NOS. The van der Waals surface area contributed by atoms with Gasteiger partial charge in [0.05, 0.1) is 10.4 Å². The average Bonchev–Trinajstić information content (AvgIpc) is 3.08. The van der Waals surface area contributed by atoms with E-state index in [0.29, 0.717) is 0 Å². The highest BCUT2D eigenvalue weighted by molar-refractivity contribution is 7.12. The van der Waals surface area contributed by atoms with Gasteiger partial charge in [-0.15, -0.1) is 11.3 Å². The molecule has 1 aliphatic rings. The van der Waals surface area contributed by atoms with Gasteiger partial charge in [0.15, 0.2) is 0 Å². The van der Waals surface area contributed by atoms with Gasteiger partial charge in [0.2, 0.25) is 0 Å². The first kappa shape index (κ1) is 12.6. The zero-order chi connectivity index (χ0) is 14.3. The molecule has 3 heteroatoms. The molecule has 0 spiro atoms. The van der Waals surface area contributed by atoms with Gasteiger partial charge in [0, 0.05) is 0 Å². The van der Waals surface area contributed by atoms with Crippen molar-refractivity contribution in [3.05, 3.63) is 70.4 Å². The van der Waals surface area contributed by atoms with Gasteiger partial charge in [0.1, 0.15) is 0 Å². The first-order valence-electron chi connectivity index (χ1n) is 7.13.